The van der Waals surface area contributed by atoms with Crippen LogP contribution in [0.15, 0.2) is 48.5 Å². The fourth-order valence-corrected chi connectivity index (χ4v) is 2.44. The van der Waals surface area contributed by atoms with Gasteiger partial charge in [0.25, 0.3) is 5.91 Å². The molecular formula is C17H16ClNO2. The summed E-state index contributed by atoms with van der Waals surface area (Å²) in [6, 6.07) is 15.1. The Labute approximate surface area is 128 Å². The lowest BCUT2D eigenvalue weighted by molar-refractivity contribution is -0.129. The number of carbonyl (C=O) groups excluding carboxylic acids is 1. The van der Waals surface area contributed by atoms with E-state index in [4.69, 9.17) is 11.6 Å². The molecule has 0 spiro atoms. The molecule has 108 valence electrons. The number of hydrogen-bond acceptors (Lipinski definition) is 2. The van der Waals surface area contributed by atoms with Crippen molar-refractivity contribution in [2.75, 3.05) is 0 Å². The fourth-order valence-electron chi connectivity index (χ4n) is 2.20. The van der Waals surface area contributed by atoms with Crippen molar-refractivity contribution in [3.63, 3.8) is 0 Å². The zero-order valence-electron chi connectivity index (χ0n) is 11.4. The first kappa shape index (κ1) is 14.1. The van der Waals surface area contributed by atoms with E-state index in [1.54, 1.807) is 12.1 Å². The number of hydrogen-bond donors (Lipinski definition) is 2. The van der Waals surface area contributed by atoms with Gasteiger partial charge in [0.1, 0.15) is 0 Å². The van der Waals surface area contributed by atoms with E-state index >= 15 is 0 Å². The molecule has 0 radical (unpaired) electrons. The monoisotopic (exact) mass is 301 g/mol. The maximum Gasteiger partial charge on any atom is 0.253 e. The predicted octanol–water partition coefficient (Wildman–Crippen LogP) is 3.32. The second-order valence-corrected chi connectivity index (χ2v) is 5.69. The Hall–Kier alpha value is -1.84. The molecule has 0 saturated heterocycles. The summed E-state index contributed by atoms with van der Waals surface area (Å²) in [6.45, 7) is 0. The second kappa shape index (κ2) is 5.88. The van der Waals surface area contributed by atoms with E-state index in [2.05, 4.69) is 5.32 Å². The Morgan fingerprint density at radius 1 is 1.14 bits per heavy atom. The molecule has 0 bridgehead atoms. The lowest BCUT2D eigenvalue weighted by Crippen LogP contribution is -2.30. The summed E-state index contributed by atoms with van der Waals surface area (Å²) in [5.74, 6) is -0.331. The van der Waals surface area contributed by atoms with Crippen LogP contribution in [0, 0.1) is 0 Å². The maximum atomic E-state index is 11.8. The topological polar surface area (TPSA) is 49.3 Å². The van der Waals surface area contributed by atoms with E-state index in [0.29, 0.717) is 10.6 Å². The molecule has 21 heavy (non-hydrogen) atoms. The molecule has 2 aromatic rings. The van der Waals surface area contributed by atoms with Gasteiger partial charge in [0, 0.05) is 16.6 Å². The number of amides is 1. The fraction of sp³-hybridized carbons (Fsp3) is 0.235. The van der Waals surface area contributed by atoms with Gasteiger partial charge in [-0.15, -0.1) is 0 Å². The molecule has 1 atom stereocenters. The first-order valence-electron chi connectivity index (χ1n) is 6.98. The number of aliphatic hydroxyl groups excluding tert-OH is 1. The molecular weight excluding hydrogens is 286 g/mol. The molecule has 1 amide bonds. The summed E-state index contributed by atoms with van der Waals surface area (Å²) in [5, 5.41) is 13.5. The van der Waals surface area contributed by atoms with Gasteiger partial charge in [0.15, 0.2) is 6.10 Å². The number of halogens is 1. The highest BCUT2D eigenvalue weighted by Gasteiger charge is 2.27. The van der Waals surface area contributed by atoms with Crippen molar-refractivity contribution < 1.29 is 9.90 Å². The van der Waals surface area contributed by atoms with Crippen molar-refractivity contribution in [1.82, 2.24) is 5.32 Å². The quantitative estimate of drug-likeness (QED) is 0.910. The molecule has 2 N–H and O–H groups in total. The van der Waals surface area contributed by atoms with Crippen LogP contribution >= 0.6 is 11.6 Å². The average Bonchev–Trinajstić information content (AvgIpc) is 3.31. The minimum atomic E-state index is -1.12. The molecule has 0 aromatic heterocycles. The summed E-state index contributed by atoms with van der Waals surface area (Å²) in [6.07, 6.45) is 0.888. The van der Waals surface area contributed by atoms with Crippen molar-refractivity contribution in [3.05, 3.63) is 59.1 Å². The number of nitrogens with one attached hydrogen (secondary N) is 1. The van der Waals surface area contributed by atoms with E-state index < -0.39 is 6.10 Å². The van der Waals surface area contributed by atoms with Crippen LogP contribution in [0.25, 0.3) is 11.1 Å². The number of aliphatic hydroxyl groups is 1. The Morgan fingerprint density at radius 2 is 1.81 bits per heavy atom. The third-order valence-corrected chi connectivity index (χ3v) is 3.91. The van der Waals surface area contributed by atoms with Crippen molar-refractivity contribution in [1.29, 1.82) is 0 Å². The maximum absolute atomic E-state index is 11.8. The molecule has 3 nitrogen and oxygen atoms in total. The average molecular weight is 302 g/mol. The number of rotatable bonds is 4. The molecule has 1 fully saturated rings. The van der Waals surface area contributed by atoms with Crippen LogP contribution in [-0.2, 0) is 4.79 Å². The van der Waals surface area contributed by atoms with Crippen molar-refractivity contribution in [2.45, 2.75) is 25.0 Å². The normalized spacial score (nSPS) is 15.5. The van der Waals surface area contributed by atoms with Gasteiger partial charge < -0.3 is 10.4 Å². The van der Waals surface area contributed by atoms with Crippen LogP contribution in [0.5, 0.6) is 0 Å². The van der Waals surface area contributed by atoms with Crippen LogP contribution in [-0.4, -0.2) is 17.1 Å². The first-order chi connectivity index (χ1) is 10.1. The third-order valence-electron chi connectivity index (χ3n) is 3.58. The standard InChI is InChI=1S/C17H16ClNO2/c18-15-4-2-1-3-14(15)11-5-7-12(8-6-11)16(20)17(21)19-13-9-10-13/h1-8,13,16,20H,9-10H2,(H,19,21). The lowest BCUT2D eigenvalue weighted by Gasteiger charge is -2.12. The summed E-state index contributed by atoms with van der Waals surface area (Å²) < 4.78 is 0. The highest BCUT2D eigenvalue weighted by Crippen LogP contribution is 2.28. The molecule has 1 aliphatic rings. The van der Waals surface area contributed by atoms with Crippen LogP contribution < -0.4 is 5.32 Å². The third kappa shape index (κ3) is 3.26. The minimum Gasteiger partial charge on any atom is -0.378 e. The van der Waals surface area contributed by atoms with Gasteiger partial charge in [0.2, 0.25) is 0 Å². The second-order valence-electron chi connectivity index (χ2n) is 5.29. The highest BCUT2D eigenvalue weighted by molar-refractivity contribution is 6.33. The molecule has 0 heterocycles. The number of carbonyl (C=O) groups is 1. The summed E-state index contributed by atoms with van der Waals surface area (Å²) in [5.41, 5.74) is 2.48. The largest absolute Gasteiger partial charge is 0.378 e. The van der Waals surface area contributed by atoms with Crippen molar-refractivity contribution in [3.8, 4) is 11.1 Å². The van der Waals surface area contributed by atoms with Gasteiger partial charge in [-0.05, 0) is 30.0 Å². The SMILES string of the molecule is O=C(NC1CC1)C(O)c1ccc(-c2ccccc2Cl)cc1. The van der Waals surface area contributed by atoms with E-state index in [0.717, 1.165) is 24.0 Å². The molecule has 2 aromatic carbocycles. The van der Waals surface area contributed by atoms with Gasteiger partial charge in [-0.1, -0.05) is 54.1 Å². The Bertz CT molecular complexity index is 650. The minimum absolute atomic E-state index is 0.245. The van der Waals surface area contributed by atoms with Gasteiger partial charge in [-0.3, -0.25) is 4.79 Å². The van der Waals surface area contributed by atoms with Gasteiger partial charge in [-0.2, -0.15) is 0 Å². The Morgan fingerprint density at radius 3 is 2.43 bits per heavy atom. The van der Waals surface area contributed by atoms with Crippen LogP contribution in [0.3, 0.4) is 0 Å². The van der Waals surface area contributed by atoms with Crippen LogP contribution in [0.2, 0.25) is 5.02 Å². The predicted molar refractivity (Wildman–Crippen MR) is 83.0 cm³/mol. The Kier molecular flexibility index (Phi) is 3.95. The van der Waals surface area contributed by atoms with E-state index in [1.165, 1.54) is 0 Å². The zero-order valence-corrected chi connectivity index (χ0v) is 12.2. The van der Waals surface area contributed by atoms with Gasteiger partial charge in [-0.25, -0.2) is 0 Å². The lowest BCUT2D eigenvalue weighted by atomic mass is 10.0. The van der Waals surface area contributed by atoms with E-state index in [1.807, 2.05) is 36.4 Å². The molecule has 4 heteroatoms. The molecule has 1 saturated carbocycles. The molecule has 0 aliphatic heterocycles. The highest BCUT2D eigenvalue weighted by atomic mass is 35.5. The van der Waals surface area contributed by atoms with E-state index in [9.17, 15) is 9.90 Å². The summed E-state index contributed by atoms with van der Waals surface area (Å²) in [7, 11) is 0. The van der Waals surface area contributed by atoms with Crippen LogP contribution in [0.1, 0.15) is 24.5 Å². The number of benzene rings is 2. The molecule has 1 unspecified atom stereocenters. The first-order valence-corrected chi connectivity index (χ1v) is 7.36. The summed E-state index contributed by atoms with van der Waals surface area (Å²) in [4.78, 5) is 11.8. The Balaban J connectivity index is 1.77. The van der Waals surface area contributed by atoms with Crippen LogP contribution in [0.4, 0.5) is 0 Å². The molecule has 3 rings (SSSR count). The van der Waals surface area contributed by atoms with Gasteiger partial charge >= 0.3 is 0 Å². The van der Waals surface area contributed by atoms with Crippen molar-refractivity contribution in [2.24, 2.45) is 0 Å². The summed E-state index contributed by atoms with van der Waals surface area (Å²) >= 11 is 6.16. The van der Waals surface area contributed by atoms with Crippen molar-refractivity contribution >= 4 is 17.5 Å². The van der Waals surface area contributed by atoms with E-state index in [-0.39, 0.29) is 11.9 Å². The molecule has 1 aliphatic carbocycles. The zero-order chi connectivity index (χ0) is 14.8. The smallest absolute Gasteiger partial charge is 0.253 e. The van der Waals surface area contributed by atoms with Gasteiger partial charge in [0.05, 0.1) is 0 Å².